The monoisotopic (exact) mass is 225 g/mol. The van der Waals surface area contributed by atoms with Gasteiger partial charge in [-0.05, 0) is 47.8 Å². The van der Waals surface area contributed by atoms with Gasteiger partial charge < -0.3 is 0 Å². The largest absolute Gasteiger partial charge is 0.257 e. The Morgan fingerprint density at radius 3 is 2.67 bits per heavy atom. The predicted molar refractivity (Wildman–Crippen MR) is 53.3 cm³/mol. The van der Waals surface area contributed by atoms with Crippen molar-refractivity contribution in [2.24, 2.45) is 0 Å². The van der Waals surface area contributed by atoms with Gasteiger partial charge in [-0.25, -0.2) is 0 Å². The molecular formula is C10H12BrN. The Kier molecular flexibility index (Phi) is 2.18. The third kappa shape index (κ3) is 1.40. The van der Waals surface area contributed by atoms with Crippen LogP contribution in [0.15, 0.2) is 16.6 Å². The number of nitrogens with zero attached hydrogens (tertiary/aromatic N) is 1. The van der Waals surface area contributed by atoms with Crippen LogP contribution in [0.4, 0.5) is 0 Å². The number of aromatic nitrogens is 1. The summed E-state index contributed by atoms with van der Waals surface area (Å²) >= 11 is 3.46. The summed E-state index contributed by atoms with van der Waals surface area (Å²) in [5.74, 6) is 0.747. The minimum atomic E-state index is 0.747. The molecule has 0 radical (unpaired) electrons. The van der Waals surface area contributed by atoms with E-state index in [4.69, 9.17) is 0 Å². The minimum absolute atomic E-state index is 0.747. The van der Waals surface area contributed by atoms with Crippen molar-refractivity contribution in [1.82, 2.24) is 4.98 Å². The van der Waals surface area contributed by atoms with Gasteiger partial charge in [-0.1, -0.05) is 6.42 Å². The van der Waals surface area contributed by atoms with Gasteiger partial charge >= 0.3 is 0 Å². The van der Waals surface area contributed by atoms with Gasteiger partial charge in [0.15, 0.2) is 0 Å². The lowest BCUT2D eigenvalue weighted by Crippen LogP contribution is -2.10. The van der Waals surface area contributed by atoms with E-state index < -0.39 is 0 Å². The van der Waals surface area contributed by atoms with E-state index in [1.807, 2.05) is 6.92 Å². The van der Waals surface area contributed by atoms with E-state index in [2.05, 4.69) is 33.0 Å². The standard InChI is InChI=1S/C10H12BrN/c1-7-9(11)5-6-10(12-7)8-3-2-4-8/h5-6,8H,2-4H2,1H3. The number of pyridine rings is 1. The molecule has 1 nitrogen and oxygen atoms in total. The van der Waals surface area contributed by atoms with Crippen molar-refractivity contribution in [2.45, 2.75) is 32.1 Å². The third-order valence-electron chi connectivity index (χ3n) is 2.57. The number of aryl methyl sites for hydroxylation is 1. The second kappa shape index (κ2) is 3.17. The van der Waals surface area contributed by atoms with E-state index in [-0.39, 0.29) is 0 Å². The van der Waals surface area contributed by atoms with E-state index in [0.29, 0.717) is 0 Å². The number of hydrogen-bond acceptors (Lipinski definition) is 1. The quantitative estimate of drug-likeness (QED) is 0.714. The zero-order valence-electron chi connectivity index (χ0n) is 7.18. The van der Waals surface area contributed by atoms with Crippen LogP contribution in [0.2, 0.25) is 0 Å². The number of hydrogen-bond donors (Lipinski definition) is 0. The average molecular weight is 226 g/mol. The number of rotatable bonds is 1. The first-order valence-corrected chi connectivity index (χ1v) is 5.20. The van der Waals surface area contributed by atoms with Crippen LogP contribution in [0.25, 0.3) is 0 Å². The molecule has 2 rings (SSSR count). The normalized spacial score (nSPS) is 17.5. The van der Waals surface area contributed by atoms with Crippen molar-refractivity contribution in [3.63, 3.8) is 0 Å². The Hall–Kier alpha value is -0.370. The maximum absolute atomic E-state index is 4.55. The van der Waals surface area contributed by atoms with Gasteiger partial charge in [0, 0.05) is 16.1 Å². The van der Waals surface area contributed by atoms with Gasteiger partial charge in [0.2, 0.25) is 0 Å². The summed E-state index contributed by atoms with van der Waals surface area (Å²) in [4.78, 5) is 4.55. The Morgan fingerprint density at radius 1 is 1.42 bits per heavy atom. The van der Waals surface area contributed by atoms with Crippen LogP contribution in [-0.2, 0) is 0 Å². The summed E-state index contributed by atoms with van der Waals surface area (Å²) in [5.41, 5.74) is 2.39. The van der Waals surface area contributed by atoms with Crippen LogP contribution in [0.1, 0.15) is 36.6 Å². The average Bonchev–Trinajstić information content (AvgIpc) is 1.93. The lowest BCUT2D eigenvalue weighted by molar-refractivity contribution is 0.410. The van der Waals surface area contributed by atoms with Crippen LogP contribution in [0.5, 0.6) is 0 Å². The molecular weight excluding hydrogens is 214 g/mol. The molecule has 0 aromatic carbocycles. The van der Waals surface area contributed by atoms with Gasteiger partial charge in [-0.2, -0.15) is 0 Å². The van der Waals surface area contributed by atoms with Crippen molar-refractivity contribution in [3.05, 3.63) is 28.0 Å². The smallest absolute Gasteiger partial charge is 0.0517 e. The van der Waals surface area contributed by atoms with E-state index in [9.17, 15) is 0 Å². The van der Waals surface area contributed by atoms with Crippen LogP contribution in [0, 0.1) is 6.92 Å². The third-order valence-corrected chi connectivity index (χ3v) is 3.40. The molecule has 0 saturated heterocycles. The van der Waals surface area contributed by atoms with Crippen molar-refractivity contribution >= 4 is 15.9 Å². The molecule has 1 aromatic heterocycles. The fraction of sp³-hybridized carbons (Fsp3) is 0.500. The predicted octanol–water partition coefficient (Wildman–Crippen LogP) is 3.42. The van der Waals surface area contributed by atoms with Gasteiger partial charge in [-0.3, -0.25) is 4.98 Å². The molecule has 2 heteroatoms. The molecule has 0 unspecified atom stereocenters. The van der Waals surface area contributed by atoms with Crippen LogP contribution in [-0.4, -0.2) is 4.98 Å². The Morgan fingerprint density at radius 2 is 2.17 bits per heavy atom. The first-order valence-electron chi connectivity index (χ1n) is 4.40. The van der Waals surface area contributed by atoms with Crippen molar-refractivity contribution in [1.29, 1.82) is 0 Å². The van der Waals surface area contributed by atoms with E-state index >= 15 is 0 Å². The Bertz CT molecular complexity index is 292. The Labute approximate surface area is 81.3 Å². The van der Waals surface area contributed by atoms with E-state index in [0.717, 1.165) is 16.1 Å². The SMILES string of the molecule is Cc1nc(C2CCC2)ccc1Br. The van der Waals surface area contributed by atoms with Crippen molar-refractivity contribution < 1.29 is 0 Å². The van der Waals surface area contributed by atoms with Crippen molar-refractivity contribution in [2.75, 3.05) is 0 Å². The van der Waals surface area contributed by atoms with Gasteiger partial charge in [0.1, 0.15) is 0 Å². The zero-order valence-corrected chi connectivity index (χ0v) is 8.76. The highest BCUT2D eigenvalue weighted by Gasteiger charge is 2.20. The Balaban J connectivity index is 2.27. The molecule has 64 valence electrons. The highest BCUT2D eigenvalue weighted by atomic mass is 79.9. The van der Waals surface area contributed by atoms with Crippen LogP contribution >= 0.6 is 15.9 Å². The number of halogens is 1. The molecule has 12 heavy (non-hydrogen) atoms. The topological polar surface area (TPSA) is 12.9 Å². The summed E-state index contributed by atoms with van der Waals surface area (Å²) in [6, 6.07) is 4.25. The fourth-order valence-electron chi connectivity index (χ4n) is 1.49. The van der Waals surface area contributed by atoms with Crippen LogP contribution < -0.4 is 0 Å². The molecule has 0 bridgehead atoms. The lowest BCUT2D eigenvalue weighted by Gasteiger charge is -2.24. The second-order valence-electron chi connectivity index (χ2n) is 3.43. The summed E-state index contributed by atoms with van der Waals surface area (Å²) in [5, 5.41) is 0. The summed E-state index contributed by atoms with van der Waals surface area (Å²) < 4.78 is 1.12. The summed E-state index contributed by atoms with van der Waals surface area (Å²) in [6.45, 7) is 2.05. The molecule has 1 heterocycles. The molecule has 1 saturated carbocycles. The second-order valence-corrected chi connectivity index (χ2v) is 4.29. The minimum Gasteiger partial charge on any atom is -0.257 e. The highest BCUT2D eigenvalue weighted by Crippen LogP contribution is 2.35. The molecule has 1 aromatic rings. The van der Waals surface area contributed by atoms with Gasteiger partial charge in [-0.15, -0.1) is 0 Å². The molecule has 0 aliphatic heterocycles. The van der Waals surface area contributed by atoms with Crippen molar-refractivity contribution in [3.8, 4) is 0 Å². The maximum atomic E-state index is 4.55. The van der Waals surface area contributed by atoms with E-state index in [1.165, 1.54) is 25.0 Å². The molecule has 0 amide bonds. The summed E-state index contributed by atoms with van der Waals surface area (Å²) in [7, 11) is 0. The molecule has 1 aliphatic rings. The molecule has 1 aliphatic carbocycles. The van der Waals surface area contributed by atoms with Gasteiger partial charge in [0.05, 0.1) is 5.69 Å². The fourth-order valence-corrected chi connectivity index (χ4v) is 1.72. The first-order chi connectivity index (χ1) is 5.77. The van der Waals surface area contributed by atoms with E-state index in [1.54, 1.807) is 0 Å². The van der Waals surface area contributed by atoms with Gasteiger partial charge in [0.25, 0.3) is 0 Å². The molecule has 1 fully saturated rings. The lowest BCUT2D eigenvalue weighted by atomic mass is 9.83. The molecule has 0 atom stereocenters. The highest BCUT2D eigenvalue weighted by molar-refractivity contribution is 9.10. The maximum Gasteiger partial charge on any atom is 0.0517 e. The van der Waals surface area contributed by atoms with Crippen LogP contribution in [0.3, 0.4) is 0 Å². The first kappa shape index (κ1) is 8.24. The molecule has 0 spiro atoms. The zero-order chi connectivity index (χ0) is 8.55. The molecule has 0 N–H and O–H groups in total. The summed E-state index contributed by atoms with van der Waals surface area (Å²) in [6.07, 6.45) is 4.03.